The van der Waals surface area contributed by atoms with Gasteiger partial charge in [0.2, 0.25) is 0 Å². The Kier molecular flexibility index (Phi) is 2.76. The predicted molar refractivity (Wildman–Crippen MR) is 93.0 cm³/mol. The largest absolute Gasteiger partial charge is 0.507 e. The number of rotatable bonds is 1. The molecular weight excluding hydrogens is 270 g/mol. The lowest BCUT2D eigenvalue weighted by atomic mass is 9.92. The second-order valence-corrected chi connectivity index (χ2v) is 5.43. The quantitative estimate of drug-likeness (QED) is 0.486. The molecule has 0 radical (unpaired) electrons. The highest BCUT2D eigenvalue weighted by Gasteiger charge is 2.13. The van der Waals surface area contributed by atoms with E-state index < -0.39 is 0 Å². The summed E-state index contributed by atoms with van der Waals surface area (Å²) < 4.78 is 0. The monoisotopic (exact) mass is 285 g/mol. The number of benzene rings is 4. The lowest BCUT2D eigenvalue weighted by molar-refractivity contribution is 0.482. The van der Waals surface area contributed by atoms with Crippen molar-refractivity contribution < 1.29 is 5.11 Å². The lowest BCUT2D eigenvalue weighted by Crippen LogP contribution is -1.93. The van der Waals surface area contributed by atoms with Gasteiger partial charge in [0.05, 0.1) is 0 Å². The molecule has 0 unspecified atom stereocenters. The summed E-state index contributed by atoms with van der Waals surface area (Å²) in [5, 5.41) is 14.3. The SMILES string of the molecule is Nc1cc(O)c2ccccc2c1-c1cccc2ccccc12. The van der Waals surface area contributed by atoms with Gasteiger partial charge in [-0.25, -0.2) is 0 Å². The van der Waals surface area contributed by atoms with Crippen LogP contribution in [-0.4, -0.2) is 5.11 Å². The Morgan fingerprint density at radius 1 is 0.682 bits per heavy atom. The zero-order valence-electron chi connectivity index (χ0n) is 12.0. The van der Waals surface area contributed by atoms with Gasteiger partial charge >= 0.3 is 0 Å². The lowest BCUT2D eigenvalue weighted by Gasteiger charge is -2.14. The van der Waals surface area contributed by atoms with Crippen molar-refractivity contribution in [2.45, 2.75) is 0 Å². The average Bonchev–Trinajstić information content (AvgIpc) is 2.55. The van der Waals surface area contributed by atoms with Crippen LogP contribution < -0.4 is 5.73 Å². The van der Waals surface area contributed by atoms with Gasteiger partial charge < -0.3 is 10.8 Å². The van der Waals surface area contributed by atoms with E-state index in [1.54, 1.807) is 6.07 Å². The van der Waals surface area contributed by atoms with Crippen molar-refractivity contribution in [2.75, 3.05) is 5.73 Å². The first-order valence-electron chi connectivity index (χ1n) is 7.24. The van der Waals surface area contributed by atoms with Crippen molar-refractivity contribution in [1.29, 1.82) is 0 Å². The number of hydrogen-bond acceptors (Lipinski definition) is 2. The highest BCUT2D eigenvalue weighted by molar-refractivity contribution is 6.11. The summed E-state index contributed by atoms with van der Waals surface area (Å²) in [6.45, 7) is 0. The van der Waals surface area contributed by atoms with Crippen molar-refractivity contribution >= 4 is 27.2 Å². The first-order chi connectivity index (χ1) is 10.8. The molecule has 0 saturated carbocycles. The van der Waals surface area contributed by atoms with E-state index in [4.69, 9.17) is 5.73 Å². The summed E-state index contributed by atoms with van der Waals surface area (Å²) >= 11 is 0. The van der Waals surface area contributed by atoms with Crippen LogP contribution >= 0.6 is 0 Å². The molecule has 0 saturated heterocycles. The smallest absolute Gasteiger partial charge is 0.125 e. The molecule has 0 atom stereocenters. The Morgan fingerprint density at radius 3 is 2.14 bits per heavy atom. The third-order valence-electron chi connectivity index (χ3n) is 4.11. The van der Waals surface area contributed by atoms with E-state index >= 15 is 0 Å². The number of fused-ring (bicyclic) bond motifs is 2. The predicted octanol–water partition coefficient (Wildman–Crippen LogP) is 4.95. The van der Waals surface area contributed by atoms with Crippen LogP contribution in [0.4, 0.5) is 5.69 Å². The molecule has 0 spiro atoms. The molecule has 0 aliphatic heterocycles. The van der Waals surface area contributed by atoms with Gasteiger partial charge in [0.1, 0.15) is 5.75 Å². The Bertz CT molecular complexity index is 1000. The Labute approximate surface area is 128 Å². The molecule has 2 heteroatoms. The van der Waals surface area contributed by atoms with Gasteiger partial charge in [-0.15, -0.1) is 0 Å². The highest BCUT2D eigenvalue weighted by atomic mass is 16.3. The average molecular weight is 285 g/mol. The van der Waals surface area contributed by atoms with E-state index in [0.717, 1.165) is 27.3 Å². The molecule has 0 aromatic heterocycles. The van der Waals surface area contributed by atoms with Crippen molar-refractivity contribution in [3.63, 3.8) is 0 Å². The normalized spacial score (nSPS) is 11.1. The molecule has 0 amide bonds. The van der Waals surface area contributed by atoms with Crippen molar-refractivity contribution in [2.24, 2.45) is 0 Å². The summed E-state index contributed by atoms with van der Waals surface area (Å²) in [7, 11) is 0. The summed E-state index contributed by atoms with van der Waals surface area (Å²) in [5.41, 5.74) is 8.91. The molecule has 0 fully saturated rings. The van der Waals surface area contributed by atoms with E-state index in [9.17, 15) is 5.11 Å². The van der Waals surface area contributed by atoms with Crippen molar-refractivity contribution in [1.82, 2.24) is 0 Å². The van der Waals surface area contributed by atoms with Crippen LogP contribution in [0.2, 0.25) is 0 Å². The fourth-order valence-corrected chi connectivity index (χ4v) is 3.12. The number of nitrogens with two attached hydrogens (primary N) is 1. The Morgan fingerprint density at radius 2 is 1.32 bits per heavy atom. The van der Waals surface area contributed by atoms with Crippen molar-refractivity contribution in [3.05, 3.63) is 72.8 Å². The molecule has 3 N–H and O–H groups in total. The van der Waals surface area contributed by atoms with E-state index in [2.05, 4.69) is 24.3 Å². The minimum Gasteiger partial charge on any atom is -0.507 e. The van der Waals surface area contributed by atoms with Crippen LogP contribution in [0, 0.1) is 0 Å². The molecule has 0 heterocycles. The van der Waals surface area contributed by atoms with Crippen LogP contribution in [0.5, 0.6) is 5.75 Å². The van der Waals surface area contributed by atoms with Gasteiger partial charge in [-0.05, 0) is 21.7 Å². The van der Waals surface area contributed by atoms with E-state index in [1.165, 1.54) is 5.39 Å². The maximum absolute atomic E-state index is 10.2. The van der Waals surface area contributed by atoms with Gasteiger partial charge in [0.25, 0.3) is 0 Å². The second-order valence-electron chi connectivity index (χ2n) is 5.43. The van der Waals surface area contributed by atoms with E-state index in [0.29, 0.717) is 5.69 Å². The van der Waals surface area contributed by atoms with Gasteiger partial charge in [-0.1, -0.05) is 66.7 Å². The van der Waals surface area contributed by atoms with Crippen molar-refractivity contribution in [3.8, 4) is 16.9 Å². The summed E-state index contributed by atoms with van der Waals surface area (Å²) in [6.07, 6.45) is 0. The van der Waals surface area contributed by atoms with Gasteiger partial charge in [-0.2, -0.15) is 0 Å². The fourth-order valence-electron chi connectivity index (χ4n) is 3.12. The van der Waals surface area contributed by atoms with E-state index in [1.807, 2.05) is 42.5 Å². The minimum absolute atomic E-state index is 0.220. The zero-order valence-corrected chi connectivity index (χ0v) is 12.0. The first-order valence-corrected chi connectivity index (χ1v) is 7.24. The van der Waals surface area contributed by atoms with Crippen LogP contribution in [0.3, 0.4) is 0 Å². The topological polar surface area (TPSA) is 46.2 Å². The third kappa shape index (κ3) is 1.81. The van der Waals surface area contributed by atoms with Crippen LogP contribution in [0.15, 0.2) is 72.8 Å². The number of phenols is 1. The minimum atomic E-state index is 0.220. The first kappa shape index (κ1) is 12.7. The molecule has 0 aliphatic carbocycles. The summed E-state index contributed by atoms with van der Waals surface area (Å²) in [5.74, 6) is 0.220. The number of anilines is 1. The molecule has 4 aromatic carbocycles. The number of aromatic hydroxyl groups is 1. The van der Waals surface area contributed by atoms with Crippen LogP contribution in [0.25, 0.3) is 32.7 Å². The molecule has 0 bridgehead atoms. The van der Waals surface area contributed by atoms with Crippen LogP contribution in [-0.2, 0) is 0 Å². The Hall–Kier alpha value is -3.00. The Balaban J connectivity index is 2.18. The fraction of sp³-hybridized carbons (Fsp3) is 0. The summed E-state index contributed by atoms with van der Waals surface area (Å²) in [6, 6.07) is 23.9. The van der Waals surface area contributed by atoms with Gasteiger partial charge in [0.15, 0.2) is 0 Å². The standard InChI is InChI=1S/C20H15NO/c21-18-12-19(22)15-9-3-4-10-17(15)20(18)16-11-5-7-13-6-1-2-8-14(13)16/h1-12,22H,21H2. The van der Waals surface area contributed by atoms with Gasteiger partial charge in [-0.3, -0.25) is 0 Å². The third-order valence-corrected chi connectivity index (χ3v) is 4.11. The number of phenolic OH excluding ortho intramolecular Hbond substituents is 1. The summed E-state index contributed by atoms with van der Waals surface area (Å²) in [4.78, 5) is 0. The molecule has 4 aromatic rings. The molecule has 22 heavy (non-hydrogen) atoms. The maximum Gasteiger partial charge on any atom is 0.125 e. The van der Waals surface area contributed by atoms with E-state index in [-0.39, 0.29) is 5.75 Å². The van der Waals surface area contributed by atoms with Crippen LogP contribution in [0.1, 0.15) is 0 Å². The second kappa shape index (κ2) is 4.78. The number of nitrogen functional groups attached to an aromatic ring is 1. The molecular formula is C20H15NO. The number of hydrogen-bond donors (Lipinski definition) is 2. The molecule has 106 valence electrons. The molecule has 0 aliphatic rings. The molecule has 2 nitrogen and oxygen atoms in total. The highest BCUT2D eigenvalue weighted by Crippen LogP contribution is 2.41. The molecule has 4 rings (SSSR count). The maximum atomic E-state index is 10.2. The zero-order chi connectivity index (χ0) is 15.1. The van der Waals surface area contributed by atoms with Gasteiger partial charge in [0, 0.05) is 22.7 Å².